The molecule has 3 heterocycles. The van der Waals surface area contributed by atoms with E-state index in [0.717, 1.165) is 39.2 Å². The Kier molecular flexibility index (Phi) is 7.57. The Morgan fingerprint density at radius 2 is 1.65 bits per heavy atom. The standard InChI is InChI=1S/C35H30N4O4/c1-23(35(42)43)29-9-3-4-10-30(29)25-12-14-26(15-13-25)34(41)39-22-28-16-17-32(33(40)37-20-24-7-6-18-36-19-24)38(28)21-27-8-2-5-11-31(27)39/h2-19,23H,20-22H2,1H3,(H,37,40)(H,42,43). The zero-order chi connectivity index (χ0) is 29.9. The molecule has 0 aliphatic carbocycles. The molecule has 0 spiro atoms. The van der Waals surface area contributed by atoms with Gasteiger partial charge in [0, 0.05) is 35.9 Å². The van der Waals surface area contributed by atoms with Crippen molar-refractivity contribution in [3.63, 3.8) is 0 Å². The molecule has 8 heteroatoms. The van der Waals surface area contributed by atoms with Crippen molar-refractivity contribution in [2.45, 2.75) is 32.5 Å². The van der Waals surface area contributed by atoms with E-state index in [1.165, 1.54) is 0 Å². The van der Waals surface area contributed by atoms with E-state index in [9.17, 15) is 19.5 Å². The molecule has 2 aromatic heterocycles. The molecule has 0 saturated carbocycles. The first-order valence-electron chi connectivity index (χ1n) is 14.1. The van der Waals surface area contributed by atoms with Gasteiger partial charge in [-0.3, -0.25) is 19.4 Å². The Labute approximate surface area is 249 Å². The third-order valence-electron chi connectivity index (χ3n) is 7.90. The first-order chi connectivity index (χ1) is 20.9. The summed E-state index contributed by atoms with van der Waals surface area (Å²) < 4.78 is 1.97. The van der Waals surface area contributed by atoms with E-state index in [0.29, 0.717) is 30.9 Å². The van der Waals surface area contributed by atoms with Crippen molar-refractivity contribution < 1.29 is 19.5 Å². The Balaban J connectivity index is 1.28. The molecule has 43 heavy (non-hydrogen) atoms. The maximum Gasteiger partial charge on any atom is 0.310 e. The van der Waals surface area contributed by atoms with Crippen LogP contribution in [0.4, 0.5) is 5.69 Å². The summed E-state index contributed by atoms with van der Waals surface area (Å²) in [6, 6.07) is 29.9. The molecule has 1 aliphatic heterocycles. The number of aliphatic carboxylic acids is 1. The summed E-state index contributed by atoms with van der Waals surface area (Å²) in [5, 5.41) is 12.5. The van der Waals surface area contributed by atoms with Gasteiger partial charge in [0.2, 0.25) is 0 Å². The molecule has 1 unspecified atom stereocenters. The molecule has 8 nitrogen and oxygen atoms in total. The molecule has 0 saturated heterocycles. The Morgan fingerprint density at radius 1 is 0.884 bits per heavy atom. The number of carboxylic acid groups (broad SMARTS) is 1. The molecular formula is C35H30N4O4. The fourth-order valence-corrected chi connectivity index (χ4v) is 5.53. The lowest BCUT2D eigenvalue weighted by atomic mass is 9.91. The molecule has 0 bridgehead atoms. The van der Waals surface area contributed by atoms with E-state index in [-0.39, 0.29) is 11.8 Å². The van der Waals surface area contributed by atoms with E-state index in [4.69, 9.17) is 0 Å². The second-order valence-corrected chi connectivity index (χ2v) is 10.6. The van der Waals surface area contributed by atoms with Crippen LogP contribution in [-0.2, 0) is 24.4 Å². The fraction of sp³-hybridized carbons (Fsp3) is 0.143. The summed E-state index contributed by atoms with van der Waals surface area (Å²) in [6.45, 7) is 2.79. The van der Waals surface area contributed by atoms with E-state index < -0.39 is 11.9 Å². The van der Waals surface area contributed by atoms with Crippen LogP contribution in [0.2, 0.25) is 0 Å². The van der Waals surface area contributed by atoms with Crippen LogP contribution in [0.5, 0.6) is 0 Å². The normalized spacial score (nSPS) is 12.9. The monoisotopic (exact) mass is 570 g/mol. The molecule has 1 aliphatic rings. The van der Waals surface area contributed by atoms with E-state index >= 15 is 0 Å². The molecule has 2 N–H and O–H groups in total. The number of aromatic nitrogens is 2. The van der Waals surface area contributed by atoms with E-state index in [1.54, 1.807) is 42.4 Å². The summed E-state index contributed by atoms with van der Waals surface area (Å²) >= 11 is 0. The van der Waals surface area contributed by atoms with Gasteiger partial charge in [0.15, 0.2) is 0 Å². The first kappa shape index (κ1) is 27.7. The summed E-state index contributed by atoms with van der Waals surface area (Å²) in [6.07, 6.45) is 3.42. The van der Waals surface area contributed by atoms with Crippen LogP contribution in [-0.4, -0.2) is 32.4 Å². The topological polar surface area (TPSA) is 105 Å². The zero-order valence-electron chi connectivity index (χ0n) is 23.6. The van der Waals surface area contributed by atoms with Gasteiger partial charge in [0.1, 0.15) is 5.69 Å². The number of rotatable bonds is 7. The number of hydrogen-bond donors (Lipinski definition) is 2. The number of para-hydroxylation sites is 1. The highest BCUT2D eigenvalue weighted by molar-refractivity contribution is 6.07. The minimum Gasteiger partial charge on any atom is -0.481 e. The maximum absolute atomic E-state index is 14.0. The van der Waals surface area contributed by atoms with Gasteiger partial charge in [-0.15, -0.1) is 0 Å². The van der Waals surface area contributed by atoms with Gasteiger partial charge in [-0.2, -0.15) is 0 Å². The highest BCUT2D eigenvalue weighted by Gasteiger charge is 2.27. The van der Waals surface area contributed by atoms with Gasteiger partial charge in [0.25, 0.3) is 11.8 Å². The third-order valence-corrected chi connectivity index (χ3v) is 7.90. The third kappa shape index (κ3) is 5.55. The van der Waals surface area contributed by atoms with Crippen LogP contribution in [0.3, 0.4) is 0 Å². The van der Waals surface area contributed by atoms with Crippen LogP contribution in [0.15, 0.2) is 109 Å². The van der Waals surface area contributed by atoms with Crippen molar-refractivity contribution in [1.82, 2.24) is 14.9 Å². The number of nitrogens with zero attached hydrogens (tertiary/aromatic N) is 3. The van der Waals surface area contributed by atoms with Gasteiger partial charge >= 0.3 is 5.97 Å². The van der Waals surface area contributed by atoms with Gasteiger partial charge in [0.05, 0.1) is 19.0 Å². The number of nitrogens with one attached hydrogen (secondary N) is 1. The first-order valence-corrected chi connectivity index (χ1v) is 14.1. The number of anilines is 1. The Bertz CT molecular complexity index is 1810. The number of carbonyl (C=O) groups is 3. The zero-order valence-corrected chi connectivity index (χ0v) is 23.6. The van der Waals surface area contributed by atoms with Crippen LogP contribution < -0.4 is 10.2 Å². The van der Waals surface area contributed by atoms with Crippen molar-refractivity contribution in [1.29, 1.82) is 0 Å². The average Bonchev–Trinajstić information content (AvgIpc) is 3.36. The smallest absolute Gasteiger partial charge is 0.310 e. The SMILES string of the molecule is CC(C(=O)O)c1ccccc1-c1ccc(C(=O)N2Cc3ccc(C(=O)NCc4cccnc4)n3Cc3ccccc32)cc1. The average molecular weight is 571 g/mol. The number of carboxylic acids is 1. The van der Waals surface area contributed by atoms with Gasteiger partial charge in [-0.25, -0.2) is 0 Å². The predicted octanol–water partition coefficient (Wildman–Crippen LogP) is 5.88. The van der Waals surface area contributed by atoms with Crippen molar-refractivity contribution in [3.8, 4) is 11.1 Å². The molecule has 2 amide bonds. The predicted molar refractivity (Wildman–Crippen MR) is 164 cm³/mol. The molecule has 0 fully saturated rings. The van der Waals surface area contributed by atoms with Gasteiger partial charge < -0.3 is 19.9 Å². The van der Waals surface area contributed by atoms with Crippen LogP contribution in [0.25, 0.3) is 11.1 Å². The summed E-state index contributed by atoms with van der Waals surface area (Å²) in [5.41, 5.74) is 6.91. The number of carbonyl (C=O) groups excluding carboxylic acids is 2. The van der Waals surface area contributed by atoms with Gasteiger partial charge in [-0.05, 0) is 71.1 Å². The second kappa shape index (κ2) is 11.8. The molecule has 1 atom stereocenters. The van der Waals surface area contributed by atoms with Crippen molar-refractivity contribution in [2.24, 2.45) is 0 Å². The lowest BCUT2D eigenvalue weighted by molar-refractivity contribution is -0.138. The molecule has 0 radical (unpaired) electrons. The highest BCUT2D eigenvalue weighted by Crippen LogP contribution is 2.32. The lowest BCUT2D eigenvalue weighted by Crippen LogP contribution is -2.30. The fourth-order valence-electron chi connectivity index (χ4n) is 5.53. The Morgan fingerprint density at radius 3 is 2.42 bits per heavy atom. The molecule has 3 aromatic carbocycles. The van der Waals surface area contributed by atoms with Gasteiger partial charge in [-0.1, -0.05) is 60.7 Å². The largest absolute Gasteiger partial charge is 0.481 e. The van der Waals surface area contributed by atoms with Crippen molar-refractivity contribution >= 4 is 23.5 Å². The molecule has 5 aromatic rings. The minimum atomic E-state index is -0.891. The number of fused-ring (bicyclic) bond motifs is 2. The van der Waals surface area contributed by atoms with E-state index in [1.807, 2.05) is 83.4 Å². The molecule has 6 rings (SSSR count). The quantitative estimate of drug-likeness (QED) is 0.254. The summed E-state index contributed by atoms with van der Waals surface area (Å²) in [4.78, 5) is 44.7. The highest BCUT2D eigenvalue weighted by atomic mass is 16.4. The lowest BCUT2D eigenvalue weighted by Gasteiger charge is -2.23. The Hall–Kier alpha value is -5.50. The van der Waals surface area contributed by atoms with Crippen molar-refractivity contribution in [2.75, 3.05) is 4.90 Å². The van der Waals surface area contributed by atoms with E-state index in [2.05, 4.69) is 10.3 Å². The second-order valence-electron chi connectivity index (χ2n) is 10.6. The van der Waals surface area contributed by atoms with Crippen molar-refractivity contribution in [3.05, 3.63) is 143 Å². The van der Waals surface area contributed by atoms with Crippen LogP contribution in [0, 0.1) is 0 Å². The number of hydrogen-bond acceptors (Lipinski definition) is 4. The number of pyridine rings is 1. The molecule has 214 valence electrons. The van der Waals surface area contributed by atoms with Crippen LogP contribution in [0.1, 0.15) is 56.1 Å². The summed E-state index contributed by atoms with van der Waals surface area (Å²) in [7, 11) is 0. The summed E-state index contributed by atoms with van der Waals surface area (Å²) in [5.74, 6) is -1.91. The maximum atomic E-state index is 14.0. The minimum absolute atomic E-state index is 0.164. The molecular weight excluding hydrogens is 540 g/mol. The number of benzene rings is 3. The number of amides is 2. The van der Waals surface area contributed by atoms with Crippen LogP contribution >= 0.6 is 0 Å².